The van der Waals surface area contributed by atoms with Gasteiger partial charge in [-0.1, -0.05) is 41.9 Å². The van der Waals surface area contributed by atoms with E-state index in [2.05, 4.69) is 17.1 Å². The molecule has 1 saturated heterocycles. The van der Waals surface area contributed by atoms with Crippen molar-refractivity contribution in [2.75, 3.05) is 19.3 Å². The van der Waals surface area contributed by atoms with Crippen LogP contribution in [0, 0.1) is 13.8 Å². The maximum atomic E-state index is 13.6. The van der Waals surface area contributed by atoms with Crippen LogP contribution >= 0.6 is 11.6 Å². The number of hydrogen-bond donors (Lipinski definition) is 0. The summed E-state index contributed by atoms with van der Waals surface area (Å²) in [5.41, 5.74) is 4.61. The van der Waals surface area contributed by atoms with Crippen molar-refractivity contribution in [1.29, 1.82) is 0 Å². The van der Waals surface area contributed by atoms with E-state index >= 15 is 0 Å². The van der Waals surface area contributed by atoms with Crippen LogP contribution < -0.4 is 0 Å². The average molecular weight is 511 g/mol. The van der Waals surface area contributed by atoms with E-state index in [1.165, 1.54) is 6.26 Å². The number of nitrogens with zero attached hydrogens (tertiary/aromatic N) is 2. The van der Waals surface area contributed by atoms with E-state index < -0.39 is 15.4 Å². The molecule has 0 N–H and O–H groups in total. The third kappa shape index (κ3) is 4.92. The molecule has 0 amide bonds. The molecule has 7 heteroatoms. The second-order valence-electron chi connectivity index (χ2n) is 9.51. The monoisotopic (exact) mass is 510 g/mol. The maximum Gasteiger partial charge on any atom is 0.211 e. The number of piperidine rings is 1. The predicted molar refractivity (Wildman–Crippen MR) is 141 cm³/mol. The second-order valence-corrected chi connectivity index (χ2v) is 11.9. The second kappa shape index (κ2) is 9.84. The van der Waals surface area contributed by atoms with E-state index in [1.807, 2.05) is 56.3 Å². The van der Waals surface area contributed by atoms with Crippen LogP contribution in [0.25, 0.3) is 0 Å². The van der Waals surface area contributed by atoms with Gasteiger partial charge in [0.2, 0.25) is 10.0 Å². The Morgan fingerprint density at radius 2 is 1.66 bits per heavy atom. The van der Waals surface area contributed by atoms with Gasteiger partial charge in [-0.25, -0.2) is 12.7 Å². The highest BCUT2D eigenvalue weighted by Gasteiger charge is 2.42. The first-order chi connectivity index (χ1) is 16.5. The average Bonchev–Trinajstić information content (AvgIpc) is 2.81. The van der Waals surface area contributed by atoms with Crippen LogP contribution in [0.4, 0.5) is 0 Å². The zero-order valence-corrected chi connectivity index (χ0v) is 22.2. The minimum Gasteiger partial charge on any atom is -0.298 e. The summed E-state index contributed by atoms with van der Waals surface area (Å²) in [6, 6.07) is 17.8. The van der Waals surface area contributed by atoms with Crippen molar-refractivity contribution in [2.45, 2.75) is 44.9 Å². The Balaban J connectivity index is 1.80. The molecule has 0 unspecified atom stereocenters. The molecule has 2 heterocycles. The Hall–Kier alpha value is -2.54. The highest BCUT2D eigenvalue weighted by molar-refractivity contribution is 7.88. The van der Waals surface area contributed by atoms with Crippen molar-refractivity contribution in [3.63, 3.8) is 0 Å². The molecule has 5 nitrogen and oxygen atoms in total. The standard InChI is InChI=1S/C28H31ClN2O3S/c1-19-17-26(29)9-10-27(19)28(21(3)32,25-11-14-30-20(2)18-25)24-7-5-22(6-8-24)23-12-15-31(16-13-23)35(4,33)34/h5-11,14,17-18,23H,12-13,15-16H2,1-4H3/t28-/m0/s1. The van der Waals surface area contributed by atoms with Gasteiger partial charge in [0.1, 0.15) is 11.2 Å². The maximum absolute atomic E-state index is 13.6. The Morgan fingerprint density at radius 1 is 1.00 bits per heavy atom. The Morgan fingerprint density at radius 3 is 2.20 bits per heavy atom. The fourth-order valence-corrected chi connectivity index (χ4v) is 6.53. The van der Waals surface area contributed by atoms with Crippen LogP contribution in [0.1, 0.15) is 59.2 Å². The number of ketones is 1. The van der Waals surface area contributed by atoms with Gasteiger partial charge in [-0.3, -0.25) is 9.78 Å². The highest BCUT2D eigenvalue weighted by atomic mass is 35.5. The molecule has 0 spiro atoms. The summed E-state index contributed by atoms with van der Waals surface area (Å²) in [4.78, 5) is 18.0. The van der Waals surface area contributed by atoms with E-state index in [1.54, 1.807) is 17.4 Å². The van der Waals surface area contributed by atoms with Crippen molar-refractivity contribution < 1.29 is 13.2 Å². The molecular formula is C28H31ClN2O3S. The van der Waals surface area contributed by atoms with Gasteiger partial charge in [-0.05, 0) is 91.6 Å². The van der Waals surface area contributed by atoms with Crippen LogP contribution in [0.3, 0.4) is 0 Å². The smallest absolute Gasteiger partial charge is 0.211 e. The van der Waals surface area contributed by atoms with Crippen LogP contribution in [-0.2, 0) is 20.2 Å². The van der Waals surface area contributed by atoms with Crippen LogP contribution in [-0.4, -0.2) is 42.8 Å². The molecule has 1 atom stereocenters. The van der Waals surface area contributed by atoms with Crippen LogP contribution in [0.2, 0.25) is 5.02 Å². The molecule has 35 heavy (non-hydrogen) atoms. The van der Waals surface area contributed by atoms with Crippen LogP contribution in [0.5, 0.6) is 0 Å². The predicted octanol–water partition coefficient (Wildman–Crippen LogP) is 5.41. The number of rotatable bonds is 6. The minimum absolute atomic E-state index is 0.0164. The van der Waals surface area contributed by atoms with E-state index in [9.17, 15) is 13.2 Å². The van der Waals surface area contributed by atoms with Gasteiger partial charge >= 0.3 is 0 Å². The van der Waals surface area contributed by atoms with Gasteiger partial charge in [0, 0.05) is 30.0 Å². The van der Waals surface area contributed by atoms with Gasteiger partial charge < -0.3 is 0 Å². The van der Waals surface area contributed by atoms with E-state index in [-0.39, 0.29) is 11.7 Å². The molecule has 2 aromatic carbocycles. The number of hydrogen-bond acceptors (Lipinski definition) is 4. The van der Waals surface area contributed by atoms with Crippen LogP contribution in [0.15, 0.2) is 60.8 Å². The highest BCUT2D eigenvalue weighted by Crippen LogP contribution is 2.43. The fourth-order valence-electron chi connectivity index (χ4n) is 5.43. The number of pyridine rings is 1. The normalized spacial score (nSPS) is 17.2. The summed E-state index contributed by atoms with van der Waals surface area (Å²) < 4.78 is 25.3. The third-order valence-corrected chi connectivity index (χ3v) is 8.73. The third-order valence-electron chi connectivity index (χ3n) is 7.19. The van der Waals surface area contributed by atoms with E-state index in [4.69, 9.17) is 11.6 Å². The lowest BCUT2D eigenvalue weighted by molar-refractivity contribution is -0.119. The summed E-state index contributed by atoms with van der Waals surface area (Å²) in [5, 5.41) is 0.630. The Kier molecular flexibility index (Phi) is 7.18. The first-order valence-corrected chi connectivity index (χ1v) is 14.0. The van der Waals surface area contributed by atoms with Gasteiger partial charge in [0.15, 0.2) is 0 Å². The number of sulfonamides is 1. The summed E-state index contributed by atoms with van der Waals surface area (Å²) in [6.45, 7) is 6.61. The lowest BCUT2D eigenvalue weighted by Crippen LogP contribution is -2.38. The van der Waals surface area contributed by atoms with Gasteiger partial charge in [-0.2, -0.15) is 0 Å². The number of aryl methyl sites for hydroxylation is 2. The number of carbonyl (C=O) groups excluding carboxylic acids is 1. The molecule has 4 rings (SSSR count). The Labute approximate surface area is 213 Å². The Bertz CT molecular complexity index is 1350. The number of aromatic nitrogens is 1. The summed E-state index contributed by atoms with van der Waals surface area (Å²) in [6.07, 6.45) is 4.58. The summed E-state index contributed by atoms with van der Waals surface area (Å²) in [7, 11) is -3.16. The molecule has 3 aromatic rings. The molecule has 1 aliphatic heterocycles. The summed E-state index contributed by atoms with van der Waals surface area (Å²) >= 11 is 6.27. The molecule has 0 bridgehead atoms. The van der Waals surface area contributed by atoms with Crippen molar-refractivity contribution in [1.82, 2.24) is 9.29 Å². The topological polar surface area (TPSA) is 67.3 Å². The van der Waals surface area contributed by atoms with Crippen molar-refractivity contribution in [2.24, 2.45) is 0 Å². The van der Waals surface area contributed by atoms with Crippen molar-refractivity contribution in [3.8, 4) is 0 Å². The number of halogens is 1. The molecule has 0 saturated carbocycles. The first-order valence-electron chi connectivity index (χ1n) is 11.8. The zero-order chi connectivity index (χ0) is 25.4. The first kappa shape index (κ1) is 25.5. The largest absolute Gasteiger partial charge is 0.298 e. The molecule has 1 aliphatic rings. The SMILES string of the molecule is CC(=O)[C@](c1ccc(C2CCN(S(C)(=O)=O)CC2)cc1)(c1ccnc(C)c1)c1ccc(Cl)cc1C. The number of benzene rings is 2. The van der Waals surface area contributed by atoms with Gasteiger partial charge in [-0.15, -0.1) is 0 Å². The lowest BCUT2D eigenvalue weighted by Gasteiger charge is -2.35. The molecule has 1 aromatic heterocycles. The van der Waals surface area contributed by atoms with Crippen molar-refractivity contribution >= 4 is 27.4 Å². The quantitative estimate of drug-likeness (QED) is 0.444. The molecule has 0 aliphatic carbocycles. The molecule has 184 valence electrons. The fraction of sp³-hybridized carbons (Fsp3) is 0.357. The van der Waals surface area contributed by atoms with Crippen molar-refractivity contribution in [3.05, 3.63) is 99.3 Å². The number of carbonyl (C=O) groups is 1. The summed E-state index contributed by atoms with van der Waals surface area (Å²) in [5.74, 6) is 0.303. The number of Topliss-reactive ketones (excluding diaryl/α,β-unsaturated/α-hetero) is 1. The molecule has 1 fully saturated rings. The zero-order valence-electron chi connectivity index (χ0n) is 20.6. The molecule has 0 radical (unpaired) electrons. The van der Waals surface area contributed by atoms with Gasteiger partial charge in [0.05, 0.1) is 6.26 Å². The van der Waals surface area contributed by atoms with E-state index in [0.717, 1.165) is 46.4 Å². The minimum atomic E-state index is -3.16. The molecular weight excluding hydrogens is 480 g/mol. The van der Waals surface area contributed by atoms with Gasteiger partial charge in [0.25, 0.3) is 0 Å². The lowest BCUT2D eigenvalue weighted by atomic mass is 9.65. The van der Waals surface area contributed by atoms with E-state index in [0.29, 0.717) is 18.1 Å².